The van der Waals surface area contributed by atoms with E-state index in [0.29, 0.717) is 17.7 Å². The second kappa shape index (κ2) is 6.70. The third kappa shape index (κ3) is 4.14. The minimum atomic E-state index is -3.70. The smallest absolute Gasteiger partial charge is 0.263 e. The number of benzene rings is 1. The van der Waals surface area contributed by atoms with Crippen molar-refractivity contribution in [2.24, 2.45) is 5.92 Å². The Labute approximate surface area is 130 Å². The average molecular weight is 318 g/mol. The second-order valence-corrected chi connectivity index (χ2v) is 7.08. The predicted octanol–water partition coefficient (Wildman–Crippen LogP) is 3.11. The fourth-order valence-corrected chi connectivity index (χ4v) is 2.98. The fraction of sp³-hybridized carbons (Fsp3) is 0.250. The molecule has 6 heteroatoms. The zero-order valence-electron chi connectivity index (χ0n) is 12.5. The van der Waals surface area contributed by atoms with E-state index in [0.717, 1.165) is 0 Å². The van der Waals surface area contributed by atoms with Crippen LogP contribution in [0.2, 0.25) is 0 Å². The molecule has 22 heavy (non-hydrogen) atoms. The Hall–Kier alpha value is -2.21. The van der Waals surface area contributed by atoms with Crippen LogP contribution in [0.25, 0.3) is 0 Å². The first kappa shape index (κ1) is 16.2. The van der Waals surface area contributed by atoms with Crippen LogP contribution in [-0.2, 0) is 10.0 Å². The molecular formula is C16H18N2O3S. The number of hydrogen-bond donors (Lipinski definition) is 1. The quantitative estimate of drug-likeness (QED) is 0.830. The Kier molecular flexibility index (Phi) is 4.92. The highest BCUT2D eigenvalue weighted by molar-refractivity contribution is 7.92. The van der Waals surface area contributed by atoms with Crippen LogP contribution >= 0.6 is 0 Å². The highest BCUT2D eigenvalue weighted by Gasteiger charge is 2.15. The first-order valence-electron chi connectivity index (χ1n) is 6.94. The van der Waals surface area contributed by atoms with Crippen LogP contribution in [0.5, 0.6) is 0 Å². The number of ketones is 1. The summed E-state index contributed by atoms with van der Waals surface area (Å²) in [4.78, 5) is 15.9. The fourth-order valence-electron chi connectivity index (χ4n) is 1.96. The van der Waals surface area contributed by atoms with E-state index in [-0.39, 0.29) is 16.6 Å². The van der Waals surface area contributed by atoms with E-state index < -0.39 is 10.0 Å². The van der Waals surface area contributed by atoms with Crippen molar-refractivity contribution in [1.82, 2.24) is 4.98 Å². The van der Waals surface area contributed by atoms with E-state index in [9.17, 15) is 13.2 Å². The topological polar surface area (TPSA) is 76.1 Å². The largest absolute Gasteiger partial charge is 0.294 e. The SMILES string of the molecule is CC(C)CC(=O)c1cccc(NS(=O)(=O)c2cccnc2)c1. The maximum Gasteiger partial charge on any atom is 0.263 e. The lowest BCUT2D eigenvalue weighted by atomic mass is 10.0. The molecule has 5 nitrogen and oxygen atoms in total. The van der Waals surface area contributed by atoms with Crippen molar-refractivity contribution in [2.45, 2.75) is 25.2 Å². The second-order valence-electron chi connectivity index (χ2n) is 5.40. The molecule has 1 aromatic carbocycles. The molecule has 0 aliphatic rings. The molecule has 0 amide bonds. The van der Waals surface area contributed by atoms with Crippen molar-refractivity contribution >= 4 is 21.5 Å². The number of aromatic nitrogens is 1. The van der Waals surface area contributed by atoms with Gasteiger partial charge in [-0.05, 0) is 30.2 Å². The van der Waals surface area contributed by atoms with Gasteiger partial charge in [0.1, 0.15) is 4.90 Å². The first-order valence-corrected chi connectivity index (χ1v) is 8.43. The summed E-state index contributed by atoms with van der Waals surface area (Å²) in [6, 6.07) is 9.53. The number of sulfonamides is 1. The molecule has 2 aromatic rings. The van der Waals surface area contributed by atoms with E-state index in [4.69, 9.17) is 0 Å². The van der Waals surface area contributed by atoms with Gasteiger partial charge in [-0.1, -0.05) is 26.0 Å². The van der Waals surface area contributed by atoms with Gasteiger partial charge < -0.3 is 0 Å². The van der Waals surface area contributed by atoms with E-state index in [1.807, 2.05) is 13.8 Å². The maximum absolute atomic E-state index is 12.2. The van der Waals surface area contributed by atoms with Crippen molar-refractivity contribution in [3.8, 4) is 0 Å². The van der Waals surface area contributed by atoms with Gasteiger partial charge in [-0.2, -0.15) is 0 Å². The molecule has 0 aliphatic heterocycles. The summed E-state index contributed by atoms with van der Waals surface area (Å²) in [5.74, 6) is 0.251. The molecule has 0 atom stereocenters. The third-order valence-electron chi connectivity index (χ3n) is 2.98. The highest BCUT2D eigenvalue weighted by atomic mass is 32.2. The molecular weight excluding hydrogens is 300 g/mol. The average Bonchev–Trinajstić information content (AvgIpc) is 2.47. The third-order valence-corrected chi connectivity index (χ3v) is 4.34. The van der Waals surface area contributed by atoms with E-state index >= 15 is 0 Å². The summed E-state index contributed by atoms with van der Waals surface area (Å²) in [7, 11) is -3.70. The summed E-state index contributed by atoms with van der Waals surface area (Å²) in [5.41, 5.74) is 0.860. The van der Waals surface area contributed by atoms with Gasteiger partial charge in [0.25, 0.3) is 10.0 Å². The molecule has 0 bridgehead atoms. The molecule has 1 N–H and O–H groups in total. The van der Waals surface area contributed by atoms with Gasteiger partial charge in [-0.25, -0.2) is 8.42 Å². The molecule has 0 fully saturated rings. The summed E-state index contributed by atoms with van der Waals surface area (Å²) in [5, 5.41) is 0. The lowest BCUT2D eigenvalue weighted by molar-refractivity contribution is 0.0968. The van der Waals surface area contributed by atoms with Crippen molar-refractivity contribution in [3.63, 3.8) is 0 Å². The zero-order valence-corrected chi connectivity index (χ0v) is 13.3. The Balaban J connectivity index is 2.22. The lowest BCUT2D eigenvalue weighted by Crippen LogP contribution is -2.13. The molecule has 0 saturated heterocycles. The summed E-state index contributed by atoms with van der Waals surface area (Å²) < 4.78 is 26.9. The standard InChI is InChI=1S/C16H18N2O3S/c1-12(2)9-16(19)13-5-3-6-14(10-13)18-22(20,21)15-7-4-8-17-11-15/h3-8,10-12,18H,9H2,1-2H3. The molecule has 0 aliphatic carbocycles. The van der Waals surface area contributed by atoms with E-state index in [2.05, 4.69) is 9.71 Å². The van der Waals surface area contributed by atoms with Crippen LogP contribution in [0.15, 0.2) is 53.7 Å². The molecule has 0 radical (unpaired) electrons. The Bertz CT molecular complexity index is 756. The van der Waals surface area contributed by atoms with Gasteiger partial charge in [0.05, 0.1) is 0 Å². The van der Waals surface area contributed by atoms with E-state index in [1.165, 1.54) is 18.5 Å². The Morgan fingerprint density at radius 3 is 2.64 bits per heavy atom. The predicted molar refractivity (Wildman–Crippen MR) is 85.3 cm³/mol. The maximum atomic E-state index is 12.2. The number of nitrogens with one attached hydrogen (secondary N) is 1. The van der Waals surface area contributed by atoms with Gasteiger partial charge in [-0.15, -0.1) is 0 Å². The molecule has 0 spiro atoms. The van der Waals surface area contributed by atoms with Crippen LogP contribution in [0.1, 0.15) is 30.6 Å². The summed E-state index contributed by atoms with van der Waals surface area (Å²) in [6.07, 6.45) is 3.21. The number of Topliss-reactive ketones (excluding diaryl/α,β-unsaturated/α-hetero) is 1. The lowest BCUT2D eigenvalue weighted by Gasteiger charge is -2.09. The van der Waals surface area contributed by atoms with Gasteiger partial charge in [0.2, 0.25) is 0 Å². The molecule has 1 heterocycles. The number of rotatable bonds is 6. The van der Waals surface area contributed by atoms with E-state index in [1.54, 1.807) is 30.3 Å². The highest BCUT2D eigenvalue weighted by Crippen LogP contribution is 2.18. The normalized spacial score (nSPS) is 11.4. The number of carbonyl (C=O) groups is 1. The number of carbonyl (C=O) groups excluding carboxylic acids is 1. The van der Waals surface area contributed by atoms with Crippen molar-refractivity contribution < 1.29 is 13.2 Å². The molecule has 0 saturated carbocycles. The zero-order chi connectivity index (χ0) is 16.2. The molecule has 0 unspecified atom stereocenters. The minimum Gasteiger partial charge on any atom is -0.294 e. The number of pyridine rings is 1. The van der Waals surface area contributed by atoms with Crippen LogP contribution < -0.4 is 4.72 Å². The van der Waals surface area contributed by atoms with Crippen molar-refractivity contribution in [2.75, 3.05) is 4.72 Å². The van der Waals surface area contributed by atoms with Gasteiger partial charge >= 0.3 is 0 Å². The summed E-state index contributed by atoms with van der Waals surface area (Å²) >= 11 is 0. The Morgan fingerprint density at radius 2 is 2.00 bits per heavy atom. The van der Waals surface area contributed by atoms with Gasteiger partial charge in [0.15, 0.2) is 5.78 Å². The minimum absolute atomic E-state index is 0.00238. The Morgan fingerprint density at radius 1 is 1.23 bits per heavy atom. The summed E-state index contributed by atoms with van der Waals surface area (Å²) in [6.45, 7) is 3.93. The van der Waals surface area contributed by atoms with Gasteiger partial charge in [0, 0.05) is 30.1 Å². The molecule has 2 rings (SSSR count). The molecule has 1 aromatic heterocycles. The number of nitrogens with zero attached hydrogens (tertiary/aromatic N) is 1. The van der Waals surface area contributed by atoms with Crippen LogP contribution in [-0.4, -0.2) is 19.2 Å². The first-order chi connectivity index (χ1) is 10.4. The molecule has 116 valence electrons. The monoisotopic (exact) mass is 318 g/mol. The van der Waals surface area contributed by atoms with Crippen molar-refractivity contribution in [3.05, 3.63) is 54.4 Å². The van der Waals surface area contributed by atoms with Crippen LogP contribution in [0.4, 0.5) is 5.69 Å². The van der Waals surface area contributed by atoms with Crippen LogP contribution in [0.3, 0.4) is 0 Å². The van der Waals surface area contributed by atoms with Gasteiger partial charge in [-0.3, -0.25) is 14.5 Å². The number of anilines is 1. The van der Waals surface area contributed by atoms with Crippen LogP contribution in [0, 0.1) is 5.92 Å². The number of hydrogen-bond acceptors (Lipinski definition) is 4. The van der Waals surface area contributed by atoms with Crippen molar-refractivity contribution in [1.29, 1.82) is 0 Å².